The van der Waals surface area contributed by atoms with Gasteiger partial charge in [-0.1, -0.05) is 103 Å². The number of nitrogens with zero attached hydrogens (tertiary/aromatic N) is 3. The molecule has 5 nitrogen and oxygen atoms in total. The average molecular weight is 570 g/mol. The molecule has 2 aliphatic heterocycles. The molecule has 3 heterocycles. The summed E-state index contributed by atoms with van der Waals surface area (Å²) in [5.41, 5.74) is 3.75. The summed E-state index contributed by atoms with van der Waals surface area (Å²) in [6.45, 7) is 0.930. The highest BCUT2D eigenvalue weighted by Gasteiger charge is 2.29. The largest absolute Gasteiger partial charge is 0.474 e. The number of benzene rings is 6. The number of hydrogen-bond acceptors (Lipinski definition) is 5. The van der Waals surface area contributed by atoms with Crippen LogP contribution in [0.4, 0.5) is 0 Å². The van der Waals surface area contributed by atoms with Crippen LogP contribution in [0.15, 0.2) is 137 Å². The molecule has 210 valence electrons. The SMILES string of the molecule is c1cc(C2=N[C@H](c3c4ccccc4cc4ccccc34)CO2)nc(C2=N[C@H](c3c4ccccc4cc4ccccc34)CO2)c1. The van der Waals surface area contributed by atoms with Gasteiger partial charge >= 0.3 is 0 Å². The van der Waals surface area contributed by atoms with Crippen molar-refractivity contribution in [3.05, 3.63) is 150 Å². The van der Waals surface area contributed by atoms with Gasteiger partial charge in [-0.15, -0.1) is 0 Å². The highest BCUT2D eigenvalue weighted by Crippen LogP contribution is 2.38. The van der Waals surface area contributed by atoms with Crippen LogP contribution in [0.25, 0.3) is 43.1 Å². The van der Waals surface area contributed by atoms with Crippen molar-refractivity contribution >= 4 is 54.9 Å². The van der Waals surface area contributed by atoms with E-state index >= 15 is 0 Å². The molecule has 0 aliphatic carbocycles. The molecule has 0 fully saturated rings. The van der Waals surface area contributed by atoms with Crippen molar-refractivity contribution in [3.63, 3.8) is 0 Å². The summed E-state index contributed by atoms with van der Waals surface area (Å²) in [5.74, 6) is 1.09. The topological polar surface area (TPSA) is 56.1 Å². The second kappa shape index (κ2) is 10.0. The predicted molar refractivity (Wildman–Crippen MR) is 178 cm³/mol. The van der Waals surface area contributed by atoms with Gasteiger partial charge < -0.3 is 9.47 Å². The number of ether oxygens (including phenoxy) is 2. The van der Waals surface area contributed by atoms with E-state index in [1.54, 1.807) is 0 Å². The van der Waals surface area contributed by atoms with Crippen molar-refractivity contribution < 1.29 is 9.47 Å². The van der Waals surface area contributed by atoms with E-state index in [4.69, 9.17) is 24.4 Å². The van der Waals surface area contributed by atoms with Gasteiger partial charge in [0.25, 0.3) is 0 Å². The lowest BCUT2D eigenvalue weighted by atomic mass is 9.93. The molecule has 9 rings (SSSR count). The van der Waals surface area contributed by atoms with E-state index in [1.165, 1.54) is 54.2 Å². The van der Waals surface area contributed by atoms with E-state index in [9.17, 15) is 0 Å². The fourth-order valence-electron chi connectivity index (χ4n) is 6.81. The number of rotatable bonds is 4. The highest BCUT2D eigenvalue weighted by molar-refractivity contribution is 6.05. The number of fused-ring (bicyclic) bond motifs is 4. The van der Waals surface area contributed by atoms with Gasteiger partial charge in [0.2, 0.25) is 11.8 Å². The normalized spacial score (nSPS) is 18.0. The van der Waals surface area contributed by atoms with Gasteiger partial charge in [0.05, 0.1) is 0 Å². The summed E-state index contributed by atoms with van der Waals surface area (Å²) < 4.78 is 12.4. The summed E-state index contributed by atoms with van der Waals surface area (Å²) in [6.07, 6.45) is 0. The van der Waals surface area contributed by atoms with Crippen LogP contribution in [0, 0.1) is 0 Å². The van der Waals surface area contributed by atoms with E-state index in [-0.39, 0.29) is 12.1 Å². The molecule has 2 aliphatic rings. The molecule has 1 aromatic heterocycles. The Hall–Kier alpha value is -5.55. The Bertz CT molecular complexity index is 2060. The first-order valence-electron chi connectivity index (χ1n) is 15.0. The van der Waals surface area contributed by atoms with Crippen LogP contribution in [-0.2, 0) is 9.47 Å². The Morgan fingerprint density at radius 1 is 0.432 bits per heavy atom. The maximum Gasteiger partial charge on any atom is 0.236 e. The van der Waals surface area contributed by atoms with E-state index in [0.29, 0.717) is 36.4 Å². The van der Waals surface area contributed by atoms with Gasteiger partial charge in [-0.05, 0) is 78.5 Å². The Kier molecular flexibility index (Phi) is 5.69. The second-order valence-corrected chi connectivity index (χ2v) is 11.4. The van der Waals surface area contributed by atoms with E-state index in [1.807, 2.05) is 18.2 Å². The molecule has 2 atom stereocenters. The first-order valence-corrected chi connectivity index (χ1v) is 15.0. The van der Waals surface area contributed by atoms with Gasteiger partial charge in [-0.3, -0.25) is 0 Å². The fraction of sp³-hybridized carbons (Fsp3) is 0.103. The van der Waals surface area contributed by atoms with Crippen LogP contribution >= 0.6 is 0 Å². The van der Waals surface area contributed by atoms with Gasteiger partial charge in [0.1, 0.15) is 36.7 Å². The second-order valence-electron chi connectivity index (χ2n) is 11.4. The van der Waals surface area contributed by atoms with Gasteiger partial charge in [0, 0.05) is 0 Å². The molecule has 0 saturated heterocycles. The fourth-order valence-corrected chi connectivity index (χ4v) is 6.81. The van der Waals surface area contributed by atoms with Gasteiger partial charge in [0.15, 0.2) is 0 Å². The minimum atomic E-state index is -0.129. The van der Waals surface area contributed by atoms with E-state index in [2.05, 4.69) is 109 Å². The molecule has 0 bridgehead atoms. The standard InChI is InChI=1S/C39H27N3O2/c1-5-14-28-24(10-1)20-25-11-2-6-15-29(25)36(28)34-22-43-38(41-34)32-18-9-19-33(40-32)39-42-35(23-44-39)37-30-16-7-3-12-26(30)21-27-13-4-8-17-31(27)37/h1-21,34-35H,22-23H2/t34-,35-/m0/s1. The molecule has 44 heavy (non-hydrogen) atoms. The molecule has 0 saturated carbocycles. The zero-order valence-electron chi connectivity index (χ0n) is 23.9. The Morgan fingerprint density at radius 3 is 1.18 bits per heavy atom. The zero-order chi connectivity index (χ0) is 29.0. The lowest BCUT2D eigenvalue weighted by Crippen LogP contribution is -2.10. The van der Waals surface area contributed by atoms with Crippen molar-refractivity contribution in [2.75, 3.05) is 13.2 Å². The summed E-state index contributed by atoms with van der Waals surface area (Å²) in [5, 5.41) is 9.62. The minimum Gasteiger partial charge on any atom is -0.474 e. The van der Waals surface area contributed by atoms with Crippen molar-refractivity contribution in [1.29, 1.82) is 0 Å². The molecular weight excluding hydrogens is 542 g/mol. The number of hydrogen-bond donors (Lipinski definition) is 0. The molecule has 0 N–H and O–H groups in total. The molecule has 7 aromatic rings. The molecule has 0 radical (unpaired) electrons. The van der Waals surface area contributed by atoms with Crippen LogP contribution in [0.2, 0.25) is 0 Å². The molecule has 0 amide bonds. The zero-order valence-corrected chi connectivity index (χ0v) is 23.9. The van der Waals surface area contributed by atoms with E-state index < -0.39 is 0 Å². The minimum absolute atomic E-state index is 0.129. The molecule has 6 aromatic carbocycles. The number of pyridine rings is 1. The first kappa shape index (κ1) is 25.0. The maximum atomic E-state index is 6.22. The average Bonchev–Trinajstić information content (AvgIpc) is 3.77. The number of aliphatic imine (C=N–C) groups is 2. The summed E-state index contributed by atoms with van der Waals surface area (Å²) >= 11 is 0. The first-order chi connectivity index (χ1) is 21.8. The van der Waals surface area contributed by atoms with Crippen LogP contribution in [0.1, 0.15) is 34.6 Å². The molecule has 0 spiro atoms. The number of aromatic nitrogens is 1. The Labute approximate surface area is 254 Å². The molecule has 0 unspecified atom stereocenters. The quantitative estimate of drug-likeness (QED) is 0.199. The van der Waals surface area contributed by atoms with Crippen molar-refractivity contribution in [3.8, 4) is 0 Å². The summed E-state index contributed by atoms with van der Waals surface area (Å²) in [6, 6.07) is 44.1. The summed E-state index contributed by atoms with van der Waals surface area (Å²) in [7, 11) is 0. The third-order valence-electron chi connectivity index (χ3n) is 8.78. The lowest BCUT2D eigenvalue weighted by molar-refractivity contribution is 0.318. The molecular formula is C39H27N3O2. The van der Waals surface area contributed by atoms with Gasteiger partial charge in [-0.2, -0.15) is 0 Å². The van der Waals surface area contributed by atoms with E-state index in [0.717, 1.165) is 0 Å². The third-order valence-corrected chi connectivity index (χ3v) is 8.78. The van der Waals surface area contributed by atoms with Crippen LogP contribution in [-0.4, -0.2) is 30.0 Å². The van der Waals surface area contributed by atoms with Crippen molar-refractivity contribution in [2.45, 2.75) is 12.1 Å². The lowest BCUT2D eigenvalue weighted by Gasteiger charge is -2.14. The molecule has 5 heteroatoms. The predicted octanol–water partition coefficient (Wildman–Crippen LogP) is 8.73. The maximum absolute atomic E-state index is 6.22. The summed E-state index contributed by atoms with van der Waals surface area (Å²) in [4.78, 5) is 15.1. The van der Waals surface area contributed by atoms with Crippen LogP contribution < -0.4 is 0 Å². The highest BCUT2D eigenvalue weighted by atomic mass is 16.5. The smallest absolute Gasteiger partial charge is 0.236 e. The van der Waals surface area contributed by atoms with Crippen molar-refractivity contribution in [2.24, 2.45) is 9.98 Å². The Morgan fingerprint density at radius 2 is 0.795 bits per heavy atom. The monoisotopic (exact) mass is 569 g/mol. The van der Waals surface area contributed by atoms with Gasteiger partial charge in [-0.25, -0.2) is 15.0 Å². The Balaban J connectivity index is 1.09. The van der Waals surface area contributed by atoms with Crippen LogP contribution in [0.5, 0.6) is 0 Å². The van der Waals surface area contributed by atoms with Crippen molar-refractivity contribution in [1.82, 2.24) is 4.98 Å². The third kappa shape index (κ3) is 4.04. The van der Waals surface area contributed by atoms with Crippen LogP contribution in [0.3, 0.4) is 0 Å².